The molecule has 5 N–H and O–H groups in total. The van der Waals surface area contributed by atoms with Gasteiger partial charge < -0.3 is 15.8 Å². The number of nitrogens with zero attached hydrogens (tertiary/aromatic N) is 2. The number of hydrogen-bond acceptors (Lipinski definition) is 5. The molecule has 134 valence electrons. The number of halogens is 1. The second-order valence-corrected chi connectivity index (χ2v) is 6.09. The Bertz CT molecular complexity index is 1370. The van der Waals surface area contributed by atoms with Crippen LogP contribution in [0, 0.1) is 0 Å². The number of fused-ring (bicyclic) bond motifs is 5. The highest BCUT2D eigenvalue weighted by Gasteiger charge is 2.19. The zero-order valence-electron chi connectivity index (χ0n) is 13.9. The van der Waals surface area contributed by atoms with Crippen LogP contribution in [0.1, 0.15) is 0 Å². The number of H-pyrrole nitrogens is 2. The normalized spacial score (nSPS) is 11.1. The van der Waals surface area contributed by atoms with Gasteiger partial charge >= 0.3 is 0 Å². The Morgan fingerprint density at radius 2 is 1.70 bits per heavy atom. The summed E-state index contributed by atoms with van der Waals surface area (Å²) in [5, 5.41) is 19.1. The molecule has 0 spiro atoms. The highest BCUT2D eigenvalue weighted by Crippen LogP contribution is 2.35. The van der Waals surface area contributed by atoms with Crippen molar-refractivity contribution in [2.45, 2.75) is 0 Å². The first-order valence-corrected chi connectivity index (χ1v) is 8.01. The highest BCUT2D eigenvalue weighted by atomic mass is 79.9. The van der Waals surface area contributed by atoms with Gasteiger partial charge in [0.1, 0.15) is 11.6 Å². The number of nitrogens with one attached hydrogen (secondary N) is 2. The van der Waals surface area contributed by atoms with Crippen LogP contribution >= 0.6 is 17.0 Å². The third-order valence-electron chi connectivity index (χ3n) is 4.54. The van der Waals surface area contributed by atoms with Crippen molar-refractivity contribution in [3.8, 4) is 17.0 Å². The molecule has 0 unspecified atom stereocenters. The zero-order valence-corrected chi connectivity index (χ0v) is 15.6. The van der Waals surface area contributed by atoms with Crippen LogP contribution in [0.3, 0.4) is 0 Å². The lowest BCUT2D eigenvalue weighted by molar-refractivity contribution is 0.475. The molecule has 7 nitrogen and oxygen atoms in total. The SMILES string of the molecule is Br.Nc1[nH]nc2nc(-c3ccc(O)cc3)c3c(=O)[nH]c4ccccc4c3c12. The average Bonchev–Trinajstić information content (AvgIpc) is 3.02. The minimum absolute atomic E-state index is 0. The van der Waals surface area contributed by atoms with Gasteiger partial charge in [0, 0.05) is 21.9 Å². The van der Waals surface area contributed by atoms with Crippen LogP contribution in [0.4, 0.5) is 5.82 Å². The van der Waals surface area contributed by atoms with E-state index in [0.717, 1.165) is 10.9 Å². The summed E-state index contributed by atoms with van der Waals surface area (Å²) < 4.78 is 0. The summed E-state index contributed by atoms with van der Waals surface area (Å²) >= 11 is 0. The molecule has 0 radical (unpaired) electrons. The van der Waals surface area contributed by atoms with Crippen molar-refractivity contribution in [2.75, 3.05) is 5.73 Å². The monoisotopic (exact) mass is 423 g/mol. The molecule has 2 aromatic carbocycles. The lowest BCUT2D eigenvalue weighted by Crippen LogP contribution is -2.09. The number of aromatic nitrogens is 4. The minimum Gasteiger partial charge on any atom is -0.508 e. The topological polar surface area (TPSA) is 121 Å². The molecule has 0 atom stereocenters. The largest absolute Gasteiger partial charge is 0.508 e. The van der Waals surface area contributed by atoms with E-state index in [1.165, 1.54) is 0 Å². The van der Waals surface area contributed by atoms with E-state index in [1.807, 2.05) is 24.3 Å². The molecule has 0 fully saturated rings. The van der Waals surface area contributed by atoms with Crippen molar-refractivity contribution >= 4 is 55.5 Å². The van der Waals surface area contributed by atoms with Crippen molar-refractivity contribution in [1.82, 2.24) is 20.2 Å². The van der Waals surface area contributed by atoms with E-state index in [-0.39, 0.29) is 28.3 Å². The number of rotatable bonds is 1. The molecule has 0 saturated carbocycles. The van der Waals surface area contributed by atoms with E-state index >= 15 is 0 Å². The van der Waals surface area contributed by atoms with Crippen LogP contribution in [-0.2, 0) is 0 Å². The fourth-order valence-corrected chi connectivity index (χ4v) is 3.39. The Labute approximate surface area is 162 Å². The molecule has 0 aliphatic carbocycles. The first-order chi connectivity index (χ1) is 12.6. The van der Waals surface area contributed by atoms with Crippen molar-refractivity contribution in [1.29, 1.82) is 0 Å². The molecule has 0 saturated heterocycles. The van der Waals surface area contributed by atoms with Gasteiger partial charge in [0.15, 0.2) is 5.65 Å². The number of para-hydroxylation sites is 1. The van der Waals surface area contributed by atoms with E-state index in [4.69, 9.17) is 5.73 Å². The molecule has 8 heteroatoms. The van der Waals surface area contributed by atoms with E-state index in [9.17, 15) is 9.90 Å². The van der Waals surface area contributed by atoms with Crippen molar-refractivity contribution in [3.63, 3.8) is 0 Å². The van der Waals surface area contributed by atoms with Crippen LogP contribution < -0.4 is 11.3 Å². The van der Waals surface area contributed by atoms with E-state index in [1.54, 1.807) is 24.3 Å². The maximum atomic E-state index is 12.9. The van der Waals surface area contributed by atoms with Gasteiger partial charge in [-0.05, 0) is 30.3 Å². The second-order valence-electron chi connectivity index (χ2n) is 6.09. The number of nitrogens with two attached hydrogens (primary N) is 1. The Morgan fingerprint density at radius 3 is 2.48 bits per heavy atom. The second kappa shape index (κ2) is 6.10. The molecule has 3 aromatic heterocycles. The lowest BCUT2D eigenvalue weighted by atomic mass is 9.99. The minimum atomic E-state index is -0.253. The van der Waals surface area contributed by atoms with Gasteiger partial charge in [-0.2, -0.15) is 5.10 Å². The predicted octanol–water partition coefficient (Wildman–Crippen LogP) is 3.49. The van der Waals surface area contributed by atoms with Gasteiger partial charge in [0.05, 0.1) is 16.5 Å². The van der Waals surface area contributed by atoms with Crippen LogP contribution in [0.15, 0.2) is 53.3 Å². The van der Waals surface area contributed by atoms with E-state index in [0.29, 0.717) is 38.9 Å². The Hall–Kier alpha value is -3.39. The summed E-state index contributed by atoms with van der Waals surface area (Å²) in [6.45, 7) is 0. The first kappa shape index (κ1) is 17.0. The number of phenols is 1. The predicted molar refractivity (Wildman–Crippen MR) is 111 cm³/mol. The smallest absolute Gasteiger partial charge is 0.258 e. The molecular weight excluding hydrogens is 410 g/mol. The van der Waals surface area contributed by atoms with Crippen LogP contribution in [0.5, 0.6) is 5.75 Å². The summed E-state index contributed by atoms with van der Waals surface area (Å²) in [4.78, 5) is 20.4. The number of nitrogen functional groups attached to an aromatic ring is 1. The summed E-state index contributed by atoms with van der Waals surface area (Å²) in [6, 6.07) is 14.1. The van der Waals surface area contributed by atoms with Gasteiger partial charge in [0.2, 0.25) is 0 Å². The number of hydrogen-bond donors (Lipinski definition) is 4. The van der Waals surface area contributed by atoms with Gasteiger partial charge in [-0.15, -0.1) is 17.0 Å². The number of anilines is 1. The standard InChI is InChI=1S/C19H13N5O2.BrH/c20-17-15-13-11-3-1-2-4-12(11)21-19(26)14(13)16(22-18(15)24-23-17)9-5-7-10(25)8-6-9;/h1-8,25H,(H,21,26)(H3,20,22,23,24);1H. The maximum Gasteiger partial charge on any atom is 0.258 e. The summed E-state index contributed by atoms with van der Waals surface area (Å²) in [6.07, 6.45) is 0. The van der Waals surface area contributed by atoms with Crippen molar-refractivity contribution in [2.24, 2.45) is 0 Å². The fraction of sp³-hybridized carbons (Fsp3) is 0. The number of aromatic amines is 2. The quantitative estimate of drug-likeness (QED) is 0.307. The summed E-state index contributed by atoms with van der Waals surface area (Å²) in [7, 11) is 0. The molecule has 5 rings (SSSR count). The molecule has 27 heavy (non-hydrogen) atoms. The third kappa shape index (κ3) is 2.45. The highest BCUT2D eigenvalue weighted by molar-refractivity contribution is 8.93. The van der Waals surface area contributed by atoms with Gasteiger partial charge in [0.25, 0.3) is 5.56 Å². The van der Waals surface area contributed by atoms with Gasteiger partial charge in [-0.1, -0.05) is 18.2 Å². The molecule has 0 amide bonds. The third-order valence-corrected chi connectivity index (χ3v) is 4.54. The van der Waals surface area contributed by atoms with Crippen molar-refractivity contribution < 1.29 is 5.11 Å². The molecule has 0 aliphatic heterocycles. The van der Waals surface area contributed by atoms with Crippen molar-refractivity contribution in [3.05, 3.63) is 58.9 Å². The first-order valence-electron chi connectivity index (χ1n) is 8.01. The Kier molecular flexibility index (Phi) is 3.85. The average molecular weight is 424 g/mol. The van der Waals surface area contributed by atoms with Crippen LogP contribution in [-0.4, -0.2) is 25.3 Å². The Morgan fingerprint density at radius 1 is 0.963 bits per heavy atom. The Balaban J connectivity index is 0.00000180. The lowest BCUT2D eigenvalue weighted by Gasteiger charge is -2.10. The molecular formula is C19H14BrN5O2. The zero-order chi connectivity index (χ0) is 17.8. The number of benzene rings is 2. The van der Waals surface area contributed by atoms with E-state index in [2.05, 4.69) is 20.2 Å². The van der Waals surface area contributed by atoms with Gasteiger partial charge in [-0.3, -0.25) is 9.89 Å². The van der Waals surface area contributed by atoms with Crippen LogP contribution in [0.25, 0.3) is 44.0 Å². The van der Waals surface area contributed by atoms with Gasteiger partial charge in [-0.25, -0.2) is 4.98 Å². The maximum absolute atomic E-state index is 12.9. The van der Waals surface area contributed by atoms with Crippen LogP contribution in [0.2, 0.25) is 0 Å². The molecule has 5 aromatic rings. The molecule has 3 heterocycles. The molecule has 0 aliphatic rings. The van der Waals surface area contributed by atoms with E-state index < -0.39 is 0 Å². The summed E-state index contributed by atoms with van der Waals surface area (Å²) in [5.74, 6) is 0.507. The number of pyridine rings is 2. The molecule has 0 bridgehead atoms. The number of phenolic OH excluding ortho intramolecular Hbond substituents is 1. The summed E-state index contributed by atoms with van der Waals surface area (Å²) in [5.41, 5.74) is 8.19. The fourth-order valence-electron chi connectivity index (χ4n) is 3.39. The number of aromatic hydroxyl groups is 1.